The SMILES string of the molecule is CC(C)C(NC(=O)c1cc2c(F)cc(F)c(F)c2[nH]1)C(=O)N[C@@H](CC(C)(C)C)C(=O)N1C[C@]2(C[C@H]1C#N)C(=O)Nc1ccccc12. The maximum Gasteiger partial charge on any atom is 0.268 e. The van der Waals surface area contributed by atoms with E-state index in [9.17, 15) is 37.6 Å². The number of amides is 4. The molecule has 4 N–H and O–H groups in total. The molecule has 0 saturated carbocycles. The van der Waals surface area contributed by atoms with Gasteiger partial charge >= 0.3 is 0 Å². The van der Waals surface area contributed by atoms with Gasteiger partial charge in [-0.2, -0.15) is 5.26 Å². The standard InChI is InChI=1S/C33H35F3N6O4/c1-16(2)26(41-28(43)23-10-18-20(34)11-21(35)25(36)27(18)38-23)29(44)39-24(13-32(3,4)5)30(45)42-15-33(12-17(42)14-37)19-8-6-7-9-22(19)40-31(33)46/h6-11,16-17,24,26,38H,12-13,15H2,1-5H3,(H,39,44)(H,40,46)(H,41,43)/t17-,24-,26?,33-/m0/s1. The zero-order chi connectivity index (χ0) is 33.7. The topological polar surface area (TPSA) is 147 Å². The molecule has 242 valence electrons. The summed E-state index contributed by atoms with van der Waals surface area (Å²) in [4.78, 5) is 57.9. The van der Waals surface area contributed by atoms with Gasteiger partial charge < -0.3 is 25.8 Å². The van der Waals surface area contributed by atoms with Crippen molar-refractivity contribution < 1.29 is 32.3 Å². The second-order valence-electron chi connectivity index (χ2n) is 13.5. The van der Waals surface area contributed by atoms with Crippen LogP contribution >= 0.6 is 0 Å². The fourth-order valence-corrected chi connectivity index (χ4v) is 6.32. The highest BCUT2D eigenvalue weighted by atomic mass is 19.2. The third-order valence-corrected chi connectivity index (χ3v) is 8.58. The first kappa shape index (κ1) is 32.5. The number of carbonyl (C=O) groups excluding carboxylic acids is 4. The predicted octanol–water partition coefficient (Wildman–Crippen LogP) is 4.28. The molecule has 2 aromatic carbocycles. The third-order valence-electron chi connectivity index (χ3n) is 8.58. The number of aromatic amines is 1. The lowest BCUT2D eigenvalue weighted by atomic mass is 9.80. The van der Waals surface area contributed by atoms with Crippen LogP contribution < -0.4 is 16.0 Å². The second-order valence-corrected chi connectivity index (χ2v) is 13.5. The maximum atomic E-state index is 14.3. The Morgan fingerprint density at radius 2 is 1.80 bits per heavy atom. The summed E-state index contributed by atoms with van der Waals surface area (Å²) in [6, 6.07) is 7.44. The first-order chi connectivity index (χ1) is 21.6. The van der Waals surface area contributed by atoms with Crippen molar-refractivity contribution in [2.75, 3.05) is 11.9 Å². The van der Waals surface area contributed by atoms with E-state index in [-0.39, 0.29) is 36.4 Å². The lowest BCUT2D eigenvalue weighted by Crippen LogP contribution is -2.57. The average molecular weight is 637 g/mol. The van der Waals surface area contributed by atoms with E-state index in [1.807, 2.05) is 20.8 Å². The van der Waals surface area contributed by atoms with E-state index in [0.29, 0.717) is 17.3 Å². The monoisotopic (exact) mass is 636 g/mol. The molecule has 0 bridgehead atoms. The highest BCUT2D eigenvalue weighted by molar-refractivity contribution is 6.07. The van der Waals surface area contributed by atoms with E-state index in [1.54, 1.807) is 38.1 Å². The van der Waals surface area contributed by atoms with Crippen molar-refractivity contribution in [3.05, 3.63) is 65.1 Å². The van der Waals surface area contributed by atoms with Crippen molar-refractivity contribution in [3.63, 3.8) is 0 Å². The predicted molar refractivity (Wildman–Crippen MR) is 163 cm³/mol. The summed E-state index contributed by atoms with van der Waals surface area (Å²) >= 11 is 0. The number of nitriles is 1. The molecule has 5 rings (SSSR count). The largest absolute Gasteiger partial charge is 0.348 e. The van der Waals surface area contributed by atoms with Gasteiger partial charge in [-0.15, -0.1) is 0 Å². The molecule has 0 aliphatic carbocycles. The number of likely N-dealkylation sites (tertiary alicyclic amines) is 1. The number of fused-ring (bicyclic) bond motifs is 3. The summed E-state index contributed by atoms with van der Waals surface area (Å²) in [6.07, 6.45) is 0.265. The summed E-state index contributed by atoms with van der Waals surface area (Å²) in [6.45, 7) is 8.92. The maximum absolute atomic E-state index is 14.3. The molecule has 10 nitrogen and oxygen atoms in total. The van der Waals surface area contributed by atoms with Crippen LogP contribution in [0.15, 0.2) is 36.4 Å². The lowest BCUT2D eigenvalue weighted by Gasteiger charge is -2.32. The summed E-state index contributed by atoms with van der Waals surface area (Å²) in [5.74, 6) is -6.75. The van der Waals surface area contributed by atoms with Crippen molar-refractivity contribution in [2.24, 2.45) is 11.3 Å². The van der Waals surface area contributed by atoms with Gasteiger partial charge in [-0.25, -0.2) is 13.2 Å². The van der Waals surface area contributed by atoms with Crippen molar-refractivity contribution in [1.29, 1.82) is 5.26 Å². The fraction of sp³-hybridized carbons (Fsp3) is 0.424. The number of carbonyl (C=O) groups is 4. The van der Waals surface area contributed by atoms with E-state index in [1.165, 1.54) is 4.90 Å². The summed E-state index contributed by atoms with van der Waals surface area (Å²) in [7, 11) is 0. The number of hydrogen-bond acceptors (Lipinski definition) is 5. The average Bonchev–Trinajstić information content (AvgIpc) is 3.68. The quantitative estimate of drug-likeness (QED) is 0.286. The van der Waals surface area contributed by atoms with Gasteiger partial charge in [-0.3, -0.25) is 19.2 Å². The molecule has 0 radical (unpaired) electrons. The van der Waals surface area contributed by atoms with Crippen LogP contribution in [0.25, 0.3) is 10.9 Å². The number of nitrogens with zero attached hydrogens (tertiary/aromatic N) is 2. The Balaban J connectivity index is 1.39. The van der Waals surface area contributed by atoms with Crippen molar-refractivity contribution >= 4 is 40.2 Å². The number of rotatable bonds is 7. The molecule has 13 heteroatoms. The Kier molecular flexibility index (Phi) is 8.36. The summed E-state index contributed by atoms with van der Waals surface area (Å²) in [5.41, 5.74) is -1.08. The number of para-hydroxylation sites is 1. The van der Waals surface area contributed by atoms with E-state index in [2.05, 4.69) is 27.0 Å². The molecule has 3 aromatic rings. The van der Waals surface area contributed by atoms with Crippen LogP contribution in [0, 0.1) is 40.1 Å². The number of hydrogen-bond donors (Lipinski definition) is 4. The van der Waals surface area contributed by atoms with E-state index >= 15 is 0 Å². The molecular weight excluding hydrogens is 601 g/mol. The van der Waals surface area contributed by atoms with Gasteiger partial charge in [0.05, 0.1) is 17.0 Å². The highest BCUT2D eigenvalue weighted by Crippen LogP contribution is 2.46. The van der Waals surface area contributed by atoms with E-state index in [0.717, 1.165) is 6.07 Å². The van der Waals surface area contributed by atoms with E-state index < -0.39 is 75.6 Å². The molecule has 3 heterocycles. The number of nitrogens with one attached hydrogen (secondary N) is 4. The Morgan fingerprint density at radius 3 is 2.46 bits per heavy atom. The summed E-state index contributed by atoms with van der Waals surface area (Å²) in [5, 5.41) is 17.9. The molecule has 1 spiro atoms. The zero-order valence-electron chi connectivity index (χ0n) is 26.1. The number of benzene rings is 2. The van der Waals surface area contributed by atoms with Gasteiger partial charge in [0.2, 0.25) is 17.7 Å². The normalized spacial score (nSPS) is 20.4. The third kappa shape index (κ3) is 5.79. The van der Waals surface area contributed by atoms with Gasteiger partial charge in [-0.1, -0.05) is 52.8 Å². The van der Waals surface area contributed by atoms with Crippen LogP contribution in [0.5, 0.6) is 0 Å². The fourth-order valence-electron chi connectivity index (χ4n) is 6.32. The van der Waals surface area contributed by atoms with Crippen LogP contribution in [0.4, 0.5) is 18.9 Å². The van der Waals surface area contributed by atoms with Crippen LogP contribution in [-0.4, -0.2) is 58.2 Å². The molecule has 2 aliphatic rings. The highest BCUT2D eigenvalue weighted by Gasteiger charge is 2.56. The smallest absolute Gasteiger partial charge is 0.268 e. The molecule has 4 atom stereocenters. The zero-order valence-corrected chi connectivity index (χ0v) is 26.1. The Morgan fingerprint density at radius 1 is 1.11 bits per heavy atom. The van der Waals surface area contributed by atoms with Gasteiger partial charge in [0.25, 0.3) is 5.91 Å². The minimum atomic E-state index is -1.42. The van der Waals surface area contributed by atoms with Gasteiger partial charge in [0.15, 0.2) is 11.6 Å². The van der Waals surface area contributed by atoms with Crippen LogP contribution in [0.3, 0.4) is 0 Å². The van der Waals surface area contributed by atoms with Gasteiger partial charge in [0.1, 0.15) is 29.6 Å². The molecule has 1 aromatic heterocycles. The Hall–Kier alpha value is -4.86. The van der Waals surface area contributed by atoms with Gasteiger partial charge in [-0.05, 0) is 35.4 Å². The van der Waals surface area contributed by atoms with Crippen molar-refractivity contribution in [1.82, 2.24) is 20.5 Å². The Bertz CT molecular complexity index is 1790. The first-order valence-electron chi connectivity index (χ1n) is 14.9. The number of halogens is 3. The first-order valence-corrected chi connectivity index (χ1v) is 14.9. The minimum Gasteiger partial charge on any atom is -0.348 e. The molecule has 4 amide bonds. The number of anilines is 1. The molecule has 1 saturated heterocycles. The minimum absolute atomic E-state index is 0.0537. The van der Waals surface area contributed by atoms with Crippen LogP contribution in [0.1, 0.15) is 63.5 Å². The Labute approximate surface area is 263 Å². The van der Waals surface area contributed by atoms with Crippen molar-refractivity contribution in [3.8, 4) is 6.07 Å². The molecule has 2 aliphatic heterocycles. The summed E-state index contributed by atoms with van der Waals surface area (Å²) < 4.78 is 42.2. The molecule has 46 heavy (non-hydrogen) atoms. The lowest BCUT2D eigenvalue weighted by molar-refractivity contribution is -0.138. The molecular formula is C33H35F3N6O4. The van der Waals surface area contributed by atoms with Gasteiger partial charge in [0, 0.05) is 30.1 Å². The molecule has 1 fully saturated rings. The van der Waals surface area contributed by atoms with Crippen molar-refractivity contribution in [2.45, 2.75) is 71.0 Å². The number of aromatic nitrogens is 1. The van der Waals surface area contributed by atoms with Crippen LogP contribution in [-0.2, 0) is 19.8 Å². The second kappa shape index (κ2) is 11.8. The van der Waals surface area contributed by atoms with E-state index in [4.69, 9.17) is 0 Å². The number of H-pyrrole nitrogens is 1. The van der Waals surface area contributed by atoms with Crippen LogP contribution in [0.2, 0.25) is 0 Å². The molecule has 1 unspecified atom stereocenters.